The first-order valence-electron chi connectivity index (χ1n) is 11.1. The number of anilines is 1. The van der Waals surface area contributed by atoms with Crippen molar-refractivity contribution in [1.29, 1.82) is 0 Å². The summed E-state index contributed by atoms with van der Waals surface area (Å²) >= 11 is 0. The predicted octanol–water partition coefficient (Wildman–Crippen LogP) is 3.35. The molecule has 3 fully saturated rings. The van der Waals surface area contributed by atoms with Crippen LogP contribution in [-0.2, 0) is 0 Å². The van der Waals surface area contributed by atoms with Gasteiger partial charge in [-0.2, -0.15) is 0 Å². The number of para-hydroxylation sites is 1. The lowest BCUT2D eigenvalue weighted by molar-refractivity contribution is 0.00694. The van der Waals surface area contributed by atoms with Gasteiger partial charge < -0.3 is 9.80 Å². The fraction of sp³-hybridized carbons (Fsp3) is 0.739. The smallest absolute Gasteiger partial charge is 0.0507 e. The number of rotatable bonds is 4. The molecule has 0 unspecified atom stereocenters. The van der Waals surface area contributed by atoms with Crippen LogP contribution < -0.4 is 4.90 Å². The second-order valence-electron chi connectivity index (χ2n) is 9.33. The molecule has 150 valence electrons. The van der Waals surface area contributed by atoms with Crippen molar-refractivity contribution in [2.24, 2.45) is 5.41 Å². The Hall–Kier alpha value is -1.10. The zero-order valence-corrected chi connectivity index (χ0v) is 17.4. The zero-order valence-electron chi connectivity index (χ0n) is 17.4. The molecule has 0 saturated carbocycles. The normalized spacial score (nSPS) is 25.4. The lowest BCUT2D eigenvalue weighted by atomic mass is 9.71. The highest BCUT2D eigenvalue weighted by molar-refractivity contribution is 5.46. The minimum absolute atomic E-state index is 0.661. The third-order valence-corrected chi connectivity index (χ3v) is 7.40. The lowest BCUT2D eigenvalue weighted by Gasteiger charge is -2.48. The number of nitrogens with zero attached hydrogens (tertiary/aromatic N) is 4. The van der Waals surface area contributed by atoms with E-state index in [0.29, 0.717) is 5.41 Å². The van der Waals surface area contributed by atoms with Gasteiger partial charge in [0, 0.05) is 37.9 Å². The highest BCUT2D eigenvalue weighted by Crippen LogP contribution is 2.41. The standard InChI is InChI=1S/C23H38N4/c1-21(2)26-14-10-23(11-15-26)8-12-24(13-9-23)20-25-16-18-27(19-17-25)22-6-4-3-5-7-22/h3-7,21H,8-20H2,1-2H3. The highest BCUT2D eigenvalue weighted by atomic mass is 15.3. The van der Waals surface area contributed by atoms with Gasteiger partial charge in [0.05, 0.1) is 6.67 Å². The van der Waals surface area contributed by atoms with E-state index in [1.807, 2.05) is 0 Å². The third-order valence-electron chi connectivity index (χ3n) is 7.40. The second-order valence-corrected chi connectivity index (χ2v) is 9.33. The molecule has 4 heteroatoms. The van der Waals surface area contributed by atoms with E-state index in [1.165, 1.54) is 77.3 Å². The van der Waals surface area contributed by atoms with Crippen LogP contribution in [0.25, 0.3) is 0 Å². The average molecular weight is 371 g/mol. The van der Waals surface area contributed by atoms with Crippen LogP contribution in [-0.4, -0.2) is 79.8 Å². The maximum Gasteiger partial charge on any atom is 0.0507 e. The van der Waals surface area contributed by atoms with Crippen LogP contribution in [0.2, 0.25) is 0 Å². The first-order chi connectivity index (χ1) is 13.1. The first kappa shape index (κ1) is 19.2. The van der Waals surface area contributed by atoms with Gasteiger partial charge in [-0.15, -0.1) is 0 Å². The van der Waals surface area contributed by atoms with Crippen molar-refractivity contribution in [1.82, 2.24) is 14.7 Å². The van der Waals surface area contributed by atoms with Gasteiger partial charge in [0.25, 0.3) is 0 Å². The van der Waals surface area contributed by atoms with Gasteiger partial charge in [0.2, 0.25) is 0 Å². The topological polar surface area (TPSA) is 13.0 Å². The number of piperazine rings is 1. The van der Waals surface area contributed by atoms with Gasteiger partial charge >= 0.3 is 0 Å². The largest absolute Gasteiger partial charge is 0.369 e. The van der Waals surface area contributed by atoms with Crippen molar-refractivity contribution in [3.63, 3.8) is 0 Å². The second kappa shape index (κ2) is 8.50. The number of piperidine rings is 2. The molecule has 1 aromatic rings. The van der Waals surface area contributed by atoms with Gasteiger partial charge in [-0.25, -0.2) is 0 Å². The first-order valence-corrected chi connectivity index (χ1v) is 11.1. The van der Waals surface area contributed by atoms with E-state index in [0.717, 1.165) is 19.1 Å². The Morgan fingerprint density at radius 1 is 0.741 bits per heavy atom. The maximum atomic E-state index is 2.72. The summed E-state index contributed by atoms with van der Waals surface area (Å²) in [6.07, 6.45) is 5.69. The SMILES string of the molecule is CC(C)N1CCC2(CCN(CN3CCN(c4ccccc4)CC3)CC2)CC1. The van der Waals surface area contributed by atoms with Gasteiger partial charge in [-0.05, 0) is 83.3 Å². The summed E-state index contributed by atoms with van der Waals surface area (Å²) in [5.41, 5.74) is 2.04. The summed E-state index contributed by atoms with van der Waals surface area (Å²) in [5.74, 6) is 0. The number of likely N-dealkylation sites (tertiary alicyclic amines) is 2. The van der Waals surface area contributed by atoms with Crippen molar-refractivity contribution in [3.05, 3.63) is 30.3 Å². The molecule has 4 rings (SSSR count). The van der Waals surface area contributed by atoms with E-state index in [1.54, 1.807) is 0 Å². The molecule has 0 bridgehead atoms. The molecule has 1 aromatic carbocycles. The Balaban J connectivity index is 1.19. The van der Waals surface area contributed by atoms with Crippen LogP contribution in [0.15, 0.2) is 30.3 Å². The van der Waals surface area contributed by atoms with E-state index >= 15 is 0 Å². The molecule has 0 atom stereocenters. The van der Waals surface area contributed by atoms with E-state index in [9.17, 15) is 0 Å². The molecule has 3 aliphatic rings. The molecule has 0 aliphatic carbocycles. The molecular formula is C23H38N4. The molecule has 0 aromatic heterocycles. The van der Waals surface area contributed by atoms with Gasteiger partial charge in [-0.1, -0.05) is 18.2 Å². The van der Waals surface area contributed by atoms with Gasteiger partial charge in [-0.3, -0.25) is 9.80 Å². The fourth-order valence-electron chi connectivity index (χ4n) is 5.25. The Morgan fingerprint density at radius 3 is 1.89 bits per heavy atom. The van der Waals surface area contributed by atoms with Crippen LogP contribution in [0.1, 0.15) is 39.5 Å². The monoisotopic (exact) mass is 370 g/mol. The van der Waals surface area contributed by atoms with Crippen molar-refractivity contribution in [2.45, 2.75) is 45.6 Å². The lowest BCUT2D eigenvalue weighted by Crippen LogP contribution is -2.53. The summed E-state index contributed by atoms with van der Waals surface area (Å²) in [4.78, 5) is 10.6. The molecule has 1 spiro atoms. The summed E-state index contributed by atoms with van der Waals surface area (Å²) in [7, 11) is 0. The third kappa shape index (κ3) is 4.67. The Kier molecular flexibility index (Phi) is 6.05. The quantitative estimate of drug-likeness (QED) is 0.806. The van der Waals surface area contributed by atoms with Crippen molar-refractivity contribution in [2.75, 3.05) is 63.9 Å². The van der Waals surface area contributed by atoms with E-state index in [4.69, 9.17) is 0 Å². The van der Waals surface area contributed by atoms with E-state index < -0.39 is 0 Å². The molecule has 0 amide bonds. The minimum atomic E-state index is 0.661. The van der Waals surface area contributed by atoms with Crippen LogP contribution in [0, 0.1) is 5.41 Å². The zero-order chi connectivity index (χ0) is 18.7. The summed E-state index contributed by atoms with van der Waals surface area (Å²) in [5, 5.41) is 0. The Labute approximate surface area is 166 Å². The van der Waals surface area contributed by atoms with Crippen LogP contribution in [0.4, 0.5) is 5.69 Å². The molecule has 3 heterocycles. The molecule has 3 saturated heterocycles. The highest BCUT2D eigenvalue weighted by Gasteiger charge is 2.38. The summed E-state index contributed by atoms with van der Waals surface area (Å²) in [6.45, 7) is 15.8. The van der Waals surface area contributed by atoms with E-state index in [2.05, 4.69) is 63.8 Å². The van der Waals surface area contributed by atoms with Gasteiger partial charge in [0.1, 0.15) is 0 Å². The van der Waals surface area contributed by atoms with Crippen LogP contribution >= 0.6 is 0 Å². The molecule has 3 aliphatic heterocycles. The van der Waals surface area contributed by atoms with Crippen LogP contribution in [0.5, 0.6) is 0 Å². The minimum Gasteiger partial charge on any atom is -0.369 e. The van der Waals surface area contributed by atoms with Crippen molar-refractivity contribution in [3.8, 4) is 0 Å². The van der Waals surface area contributed by atoms with Crippen molar-refractivity contribution >= 4 is 5.69 Å². The summed E-state index contributed by atoms with van der Waals surface area (Å²) < 4.78 is 0. The predicted molar refractivity (Wildman–Crippen MR) is 114 cm³/mol. The molecule has 0 radical (unpaired) electrons. The Bertz CT molecular complexity index is 561. The maximum absolute atomic E-state index is 2.72. The Morgan fingerprint density at radius 2 is 1.30 bits per heavy atom. The number of benzene rings is 1. The molecule has 4 nitrogen and oxygen atoms in total. The molecular weight excluding hydrogens is 332 g/mol. The number of hydrogen-bond donors (Lipinski definition) is 0. The van der Waals surface area contributed by atoms with Crippen LogP contribution in [0.3, 0.4) is 0 Å². The molecule has 27 heavy (non-hydrogen) atoms. The summed E-state index contributed by atoms with van der Waals surface area (Å²) in [6, 6.07) is 11.6. The fourth-order valence-corrected chi connectivity index (χ4v) is 5.25. The average Bonchev–Trinajstić information content (AvgIpc) is 2.71. The van der Waals surface area contributed by atoms with Crippen molar-refractivity contribution < 1.29 is 0 Å². The van der Waals surface area contributed by atoms with Gasteiger partial charge in [0.15, 0.2) is 0 Å². The number of hydrogen-bond acceptors (Lipinski definition) is 4. The molecule has 0 N–H and O–H groups in total. The van der Waals surface area contributed by atoms with E-state index in [-0.39, 0.29) is 0 Å².